The number of nitrogens with one attached hydrogen (secondary N) is 2. The zero-order chi connectivity index (χ0) is 34.2. The minimum Gasteiger partial charge on any atom is -0.458 e. The van der Waals surface area contributed by atoms with E-state index < -0.39 is 47.3 Å². The first-order chi connectivity index (χ1) is 21.5. The monoisotopic (exact) mass is 653 g/mol. The number of benzene rings is 2. The molecule has 0 spiro atoms. The highest BCUT2D eigenvalue weighted by Crippen LogP contribution is 2.41. The van der Waals surface area contributed by atoms with Crippen LogP contribution in [0.15, 0.2) is 54.6 Å². The lowest BCUT2D eigenvalue weighted by Crippen LogP contribution is -2.56. The summed E-state index contributed by atoms with van der Waals surface area (Å²) in [6.07, 6.45) is 2.52. The molecular formula is C36H51N3O6S. The van der Waals surface area contributed by atoms with Crippen molar-refractivity contribution in [2.45, 2.75) is 110 Å². The van der Waals surface area contributed by atoms with E-state index in [-0.39, 0.29) is 24.3 Å². The van der Waals surface area contributed by atoms with Crippen molar-refractivity contribution >= 4 is 35.6 Å². The fourth-order valence-corrected chi connectivity index (χ4v) is 5.71. The van der Waals surface area contributed by atoms with Crippen LogP contribution in [0.5, 0.6) is 0 Å². The molecule has 1 aliphatic rings. The Hall–Kier alpha value is -3.53. The number of hydrogen-bond donors (Lipinski definition) is 2. The lowest BCUT2D eigenvalue weighted by molar-refractivity contribution is -0.159. The van der Waals surface area contributed by atoms with Gasteiger partial charge < -0.3 is 25.0 Å². The minimum absolute atomic E-state index is 0.151. The van der Waals surface area contributed by atoms with Gasteiger partial charge in [0.25, 0.3) is 0 Å². The molecule has 0 radical (unpaired) electrons. The number of nitrogens with zero attached hydrogens (tertiary/aromatic N) is 1. The van der Waals surface area contributed by atoms with Crippen LogP contribution in [0.25, 0.3) is 0 Å². The zero-order valence-corrected chi connectivity index (χ0v) is 29.5. The van der Waals surface area contributed by atoms with E-state index in [0.29, 0.717) is 24.2 Å². The Balaban J connectivity index is 2.05. The molecule has 0 aliphatic heterocycles. The molecule has 9 nitrogen and oxygen atoms in total. The Kier molecular flexibility index (Phi) is 12.7. The second-order valence-electron chi connectivity index (χ2n) is 14.1. The molecule has 2 N–H and O–H groups in total. The molecule has 2 aromatic carbocycles. The average Bonchev–Trinajstić information content (AvgIpc) is 3.67. The first-order valence-electron chi connectivity index (χ1n) is 15.9. The molecular weight excluding hydrogens is 602 g/mol. The van der Waals surface area contributed by atoms with Gasteiger partial charge in [0.2, 0.25) is 11.8 Å². The van der Waals surface area contributed by atoms with Gasteiger partial charge in [-0.3, -0.25) is 9.59 Å². The van der Waals surface area contributed by atoms with Crippen LogP contribution < -0.4 is 10.6 Å². The zero-order valence-electron chi connectivity index (χ0n) is 28.7. The van der Waals surface area contributed by atoms with Crippen LogP contribution in [0.3, 0.4) is 0 Å². The molecule has 3 amide bonds. The van der Waals surface area contributed by atoms with Gasteiger partial charge in [0.15, 0.2) is 0 Å². The second kappa shape index (κ2) is 15.8. The van der Waals surface area contributed by atoms with Crippen LogP contribution in [0.4, 0.5) is 4.79 Å². The van der Waals surface area contributed by atoms with Crippen molar-refractivity contribution in [3.05, 3.63) is 71.3 Å². The Morgan fingerprint density at radius 1 is 0.913 bits per heavy atom. The molecule has 5 atom stereocenters. The topological polar surface area (TPSA) is 114 Å². The Morgan fingerprint density at radius 3 is 2.09 bits per heavy atom. The third kappa shape index (κ3) is 11.4. The number of aryl methyl sites for hydroxylation is 1. The maximum Gasteiger partial charge on any atom is 0.408 e. The quantitative estimate of drug-likeness (QED) is 0.256. The Labute approximate surface area is 278 Å². The highest BCUT2D eigenvalue weighted by atomic mass is 32.2. The van der Waals surface area contributed by atoms with Gasteiger partial charge in [-0.1, -0.05) is 67.1 Å². The fourth-order valence-electron chi connectivity index (χ4n) is 5.24. The number of esters is 1. The number of alkyl carbamates (subject to hydrolysis) is 1. The molecule has 10 heteroatoms. The summed E-state index contributed by atoms with van der Waals surface area (Å²) in [7, 11) is 0. The lowest BCUT2D eigenvalue weighted by Gasteiger charge is -2.36. The van der Waals surface area contributed by atoms with Gasteiger partial charge in [-0.25, -0.2) is 9.59 Å². The number of hydrogen-bond acceptors (Lipinski definition) is 7. The van der Waals surface area contributed by atoms with Gasteiger partial charge in [0, 0.05) is 12.5 Å². The standard InChI is InChI=1S/C36H51N3O6S/c1-23-14-13-17-26(20-23)30(31(40)37-28(33(42)44-35(3,4)5)22-25-15-11-10-12-16-25)39(29-21-24(29)2)32(41)27(18-19-46-9)38-34(43)45-36(6,7)8/h10-17,20,24,27-30H,18-19,21-22H2,1-9H3,(H,37,40)(H,38,43). The summed E-state index contributed by atoms with van der Waals surface area (Å²) < 4.78 is 11.2. The van der Waals surface area contributed by atoms with Crippen LogP contribution in [-0.2, 0) is 30.3 Å². The van der Waals surface area contributed by atoms with Gasteiger partial charge in [-0.05, 0) is 90.4 Å². The number of thioether (sulfide) groups is 1. The summed E-state index contributed by atoms with van der Waals surface area (Å²) in [4.78, 5) is 57.1. The summed E-state index contributed by atoms with van der Waals surface area (Å²) >= 11 is 1.56. The molecule has 0 bridgehead atoms. The van der Waals surface area contributed by atoms with Crippen LogP contribution in [0.1, 0.15) is 84.0 Å². The van der Waals surface area contributed by atoms with Gasteiger partial charge >= 0.3 is 12.1 Å². The Morgan fingerprint density at radius 2 is 1.54 bits per heavy atom. The highest BCUT2D eigenvalue weighted by Gasteiger charge is 2.48. The molecule has 1 fully saturated rings. The van der Waals surface area contributed by atoms with E-state index in [0.717, 1.165) is 11.1 Å². The van der Waals surface area contributed by atoms with Crippen molar-refractivity contribution < 1.29 is 28.7 Å². The van der Waals surface area contributed by atoms with E-state index in [9.17, 15) is 19.2 Å². The van der Waals surface area contributed by atoms with E-state index >= 15 is 0 Å². The first-order valence-corrected chi connectivity index (χ1v) is 17.3. The van der Waals surface area contributed by atoms with Crippen LogP contribution in [-0.4, -0.2) is 70.1 Å². The molecule has 0 saturated heterocycles. The van der Waals surface area contributed by atoms with Crippen molar-refractivity contribution in [2.75, 3.05) is 12.0 Å². The van der Waals surface area contributed by atoms with Crippen molar-refractivity contribution in [3.63, 3.8) is 0 Å². The summed E-state index contributed by atoms with van der Waals surface area (Å²) in [6.45, 7) is 14.6. The van der Waals surface area contributed by atoms with Crippen LogP contribution >= 0.6 is 11.8 Å². The summed E-state index contributed by atoms with van der Waals surface area (Å²) in [5, 5.41) is 5.76. The first kappa shape index (κ1) is 36.9. The minimum atomic E-state index is -1.06. The SMILES string of the molecule is CSCCC(NC(=O)OC(C)(C)C)C(=O)N(C(C(=O)NC(Cc1ccccc1)C(=O)OC(C)(C)C)c1cccc(C)c1)C1CC1C. The Bertz CT molecular complexity index is 1350. The molecule has 1 aliphatic carbocycles. The van der Waals surface area contributed by atoms with Gasteiger partial charge in [-0.2, -0.15) is 11.8 Å². The predicted octanol–water partition coefficient (Wildman–Crippen LogP) is 5.99. The number of amides is 3. The largest absolute Gasteiger partial charge is 0.458 e. The molecule has 252 valence electrons. The number of rotatable bonds is 13. The maximum absolute atomic E-state index is 14.6. The van der Waals surface area contributed by atoms with E-state index in [4.69, 9.17) is 9.47 Å². The molecule has 5 unspecified atom stereocenters. The summed E-state index contributed by atoms with van der Waals surface area (Å²) in [5.41, 5.74) is 0.879. The molecule has 46 heavy (non-hydrogen) atoms. The second-order valence-corrected chi connectivity index (χ2v) is 15.1. The molecule has 3 rings (SSSR count). The number of ether oxygens (including phenoxy) is 2. The van der Waals surface area contributed by atoms with E-state index in [1.807, 2.05) is 74.7 Å². The summed E-state index contributed by atoms with van der Waals surface area (Å²) in [6, 6.07) is 13.7. The number of carbonyl (C=O) groups excluding carboxylic acids is 4. The third-order valence-electron chi connectivity index (χ3n) is 7.45. The van der Waals surface area contributed by atoms with Crippen molar-refractivity contribution in [1.82, 2.24) is 15.5 Å². The predicted molar refractivity (Wildman–Crippen MR) is 182 cm³/mol. The van der Waals surface area contributed by atoms with E-state index in [1.165, 1.54) is 0 Å². The molecule has 2 aromatic rings. The molecule has 0 heterocycles. The van der Waals surface area contributed by atoms with Crippen molar-refractivity contribution in [3.8, 4) is 0 Å². The fraction of sp³-hybridized carbons (Fsp3) is 0.556. The van der Waals surface area contributed by atoms with Gasteiger partial charge in [0.05, 0.1) is 0 Å². The smallest absolute Gasteiger partial charge is 0.408 e. The molecule has 0 aromatic heterocycles. The van der Waals surface area contributed by atoms with Crippen molar-refractivity contribution in [2.24, 2.45) is 5.92 Å². The van der Waals surface area contributed by atoms with Crippen LogP contribution in [0, 0.1) is 12.8 Å². The van der Waals surface area contributed by atoms with Crippen molar-refractivity contribution in [1.29, 1.82) is 0 Å². The summed E-state index contributed by atoms with van der Waals surface area (Å²) in [5.74, 6) is -0.662. The highest BCUT2D eigenvalue weighted by molar-refractivity contribution is 7.98. The third-order valence-corrected chi connectivity index (χ3v) is 8.10. The van der Waals surface area contributed by atoms with Crippen LogP contribution in [0.2, 0.25) is 0 Å². The van der Waals surface area contributed by atoms with Gasteiger partial charge in [0.1, 0.15) is 29.3 Å². The normalized spacial score (nSPS) is 18.0. The molecule has 1 saturated carbocycles. The number of carbonyl (C=O) groups is 4. The van der Waals surface area contributed by atoms with E-state index in [2.05, 4.69) is 10.6 Å². The lowest BCUT2D eigenvalue weighted by atomic mass is 9.99. The van der Waals surface area contributed by atoms with E-state index in [1.54, 1.807) is 58.2 Å². The van der Waals surface area contributed by atoms with Gasteiger partial charge in [-0.15, -0.1) is 0 Å². The maximum atomic E-state index is 14.6. The average molecular weight is 654 g/mol.